The second-order valence-corrected chi connectivity index (χ2v) is 12.6. The molecule has 2 saturated carbocycles. The molecule has 1 saturated heterocycles. The van der Waals surface area contributed by atoms with E-state index in [9.17, 15) is 19.2 Å². The van der Waals surface area contributed by atoms with Crippen molar-refractivity contribution in [3.05, 3.63) is 52.8 Å². The number of hydrogen-bond acceptors (Lipinski definition) is 7. The molecule has 1 aromatic carbocycles. The fourth-order valence-electron chi connectivity index (χ4n) is 7.69. The lowest BCUT2D eigenvalue weighted by molar-refractivity contribution is -0.158. The van der Waals surface area contributed by atoms with Gasteiger partial charge in [0.25, 0.3) is 5.56 Å². The van der Waals surface area contributed by atoms with Crippen LogP contribution in [0, 0.1) is 17.8 Å². The Hall–Kier alpha value is -3.62. The summed E-state index contributed by atoms with van der Waals surface area (Å²) in [5.74, 6) is -0.872. The quantitative estimate of drug-likeness (QED) is 0.366. The zero-order valence-electron chi connectivity index (χ0n) is 25.0. The Morgan fingerprint density at radius 1 is 0.953 bits per heavy atom. The summed E-state index contributed by atoms with van der Waals surface area (Å²) in [6, 6.07) is 8.49. The van der Waals surface area contributed by atoms with Crippen LogP contribution in [0.2, 0.25) is 0 Å². The number of esters is 2. The number of carbonyl (C=O) groups excluding carboxylic acids is 3. The number of pyridine rings is 1. The van der Waals surface area contributed by atoms with Crippen LogP contribution in [0.25, 0.3) is 10.8 Å². The van der Waals surface area contributed by atoms with Gasteiger partial charge in [-0.1, -0.05) is 43.2 Å². The molecule has 0 spiro atoms. The molecule has 3 fully saturated rings. The van der Waals surface area contributed by atoms with Crippen LogP contribution in [0.1, 0.15) is 70.6 Å². The van der Waals surface area contributed by atoms with Gasteiger partial charge in [0.2, 0.25) is 5.91 Å². The van der Waals surface area contributed by atoms with E-state index >= 15 is 0 Å². The molecule has 2 aliphatic carbocycles. The van der Waals surface area contributed by atoms with Crippen LogP contribution >= 0.6 is 0 Å². The fourth-order valence-corrected chi connectivity index (χ4v) is 7.69. The third-order valence-electron chi connectivity index (χ3n) is 9.96. The van der Waals surface area contributed by atoms with E-state index in [2.05, 4.69) is 12.2 Å². The van der Waals surface area contributed by atoms with Gasteiger partial charge in [-0.2, -0.15) is 0 Å². The molecule has 43 heavy (non-hydrogen) atoms. The molecule has 9 nitrogen and oxygen atoms in total. The highest BCUT2D eigenvalue weighted by atomic mass is 16.5. The minimum absolute atomic E-state index is 0.0166. The summed E-state index contributed by atoms with van der Waals surface area (Å²) in [5, 5.41) is 1.39. The van der Waals surface area contributed by atoms with E-state index in [1.54, 1.807) is 9.47 Å². The molecule has 0 radical (unpaired) electrons. The van der Waals surface area contributed by atoms with Crippen molar-refractivity contribution < 1.29 is 28.6 Å². The highest BCUT2D eigenvalue weighted by molar-refractivity contribution is 5.89. The van der Waals surface area contributed by atoms with Gasteiger partial charge in [-0.3, -0.25) is 19.0 Å². The van der Waals surface area contributed by atoms with Crippen molar-refractivity contribution in [3.63, 3.8) is 0 Å². The van der Waals surface area contributed by atoms with Crippen molar-refractivity contribution in [1.29, 1.82) is 0 Å². The Balaban J connectivity index is 1.37. The first kappa shape index (κ1) is 29.5. The summed E-state index contributed by atoms with van der Waals surface area (Å²) in [4.78, 5) is 55.7. The van der Waals surface area contributed by atoms with Crippen molar-refractivity contribution >= 4 is 28.6 Å². The summed E-state index contributed by atoms with van der Waals surface area (Å²) < 4.78 is 19.3. The number of carbonyl (C=O) groups is 3. The molecule has 1 amide bonds. The molecule has 6 rings (SSSR count). The standard InChI is InChI=1S/C34H42N2O7/c1-41-34(40)28-19-25-21-36(28)33(39)27(22-10-4-5-11-22)20-31(37)43-29-16-9-14-23(29)12-3-2-8-17-35-30(42-25)18-24-13-6-7-15-26(24)32(35)38/h2-3,6-7,13,15,18,22-23,25,27-29H,4-5,8-12,14,16-17,19-21H2,1H3/b3-2+/t23-,25-,27+,28+,29-/m1/s1. The highest BCUT2D eigenvalue weighted by Gasteiger charge is 2.46. The van der Waals surface area contributed by atoms with Crippen LogP contribution in [-0.4, -0.2) is 59.2 Å². The largest absolute Gasteiger partial charge is 0.473 e. The fraction of sp³-hybridized carbons (Fsp3) is 0.588. The van der Waals surface area contributed by atoms with Gasteiger partial charge in [0.15, 0.2) is 5.88 Å². The van der Waals surface area contributed by atoms with E-state index < -0.39 is 24.0 Å². The van der Waals surface area contributed by atoms with E-state index in [1.165, 1.54) is 7.11 Å². The lowest BCUT2D eigenvalue weighted by Gasteiger charge is -2.30. The van der Waals surface area contributed by atoms with Crippen LogP contribution in [0.15, 0.2) is 47.3 Å². The lowest BCUT2D eigenvalue weighted by Crippen LogP contribution is -2.46. The van der Waals surface area contributed by atoms with Crippen LogP contribution in [0.5, 0.6) is 5.88 Å². The van der Waals surface area contributed by atoms with E-state index in [-0.39, 0.29) is 54.8 Å². The predicted molar refractivity (Wildman–Crippen MR) is 160 cm³/mol. The number of amides is 1. The zero-order chi connectivity index (χ0) is 29.9. The molecular formula is C34H42N2O7. The van der Waals surface area contributed by atoms with Gasteiger partial charge in [-0.25, -0.2) is 4.79 Å². The average Bonchev–Trinajstić information content (AvgIpc) is 3.78. The number of aromatic nitrogens is 1. The normalized spacial score (nSPS) is 29.7. The Morgan fingerprint density at radius 2 is 1.74 bits per heavy atom. The average molecular weight is 591 g/mol. The van der Waals surface area contributed by atoms with Gasteiger partial charge in [0.05, 0.1) is 26.0 Å². The minimum atomic E-state index is -0.827. The van der Waals surface area contributed by atoms with Gasteiger partial charge >= 0.3 is 11.9 Å². The molecule has 1 aromatic heterocycles. The van der Waals surface area contributed by atoms with E-state index in [0.717, 1.165) is 56.8 Å². The first-order chi connectivity index (χ1) is 20.9. The van der Waals surface area contributed by atoms with Crippen LogP contribution in [0.4, 0.5) is 0 Å². The number of fused-ring (bicyclic) bond motifs is 5. The van der Waals surface area contributed by atoms with Gasteiger partial charge in [0, 0.05) is 24.4 Å². The van der Waals surface area contributed by atoms with Crippen molar-refractivity contribution in [3.8, 4) is 5.88 Å². The predicted octanol–water partition coefficient (Wildman–Crippen LogP) is 4.78. The molecule has 9 heteroatoms. The molecule has 2 bridgehead atoms. The van der Waals surface area contributed by atoms with Crippen molar-refractivity contribution in [2.24, 2.45) is 17.8 Å². The number of benzene rings is 1. The molecule has 5 atom stereocenters. The number of hydrogen-bond donors (Lipinski definition) is 0. The van der Waals surface area contributed by atoms with Crippen LogP contribution < -0.4 is 10.3 Å². The maximum Gasteiger partial charge on any atom is 0.328 e. The number of allylic oxidation sites excluding steroid dienone is 2. The molecule has 3 heterocycles. The van der Waals surface area contributed by atoms with Gasteiger partial charge in [-0.05, 0) is 68.2 Å². The van der Waals surface area contributed by atoms with Gasteiger partial charge in [0.1, 0.15) is 18.2 Å². The molecule has 0 unspecified atom stereocenters. The van der Waals surface area contributed by atoms with Crippen molar-refractivity contribution in [2.45, 2.75) is 95.4 Å². The van der Waals surface area contributed by atoms with Gasteiger partial charge < -0.3 is 19.1 Å². The summed E-state index contributed by atoms with van der Waals surface area (Å²) in [5.41, 5.74) is -0.129. The number of nitrogens with zero attached hydrogens (tertiary/aromatic N) is 2. The summed E-state index contributed by atoms with van der Waals surface area (Å²) in [6.07, 6.45) is 11.9. The summed E-state index contributed by atoms with van der Waals surface area (Å²) in [7, 11) is 1.32. The zero-order valence-corrected chi connectivity index (χ0v) is 25.0. The Bertz CT molecular complexity index is 1440. The maximum absolute atomic E-state index is 14.3. The highest BCUT2D eigenvalue weighted by Crippen LogP contribution is 2.38. The lowest BCUT2D eigenvalue weighted by atomic mass is 9.86. The molecule has 2 aliphatic heterocycles. The minimum Gasteiger partial charge on any atom is -0.473 e. The maximum atomic E-state index is 14.3. The third kappa shape index (κ3) is 6.22. The Labute approximate surface area is 252 Å². The van der Waals surface area contributed by atoms with Crippen LogP contribution in [-0.2, 0) is 30.4 Å². The van der Waals surface area contributed by atoms with Crippen LogP contribution in [0.3, 0.4) is 0 Å². The van der Waals surface area contributed by atoms with Crippen molar-refractivity contribution in [2.75, 3.05) is 13.7 Å². The Morgan fingerprint density at radius 3 is 2.56 bits per heavy atom. The molecule has 0 N–H and O–H groups in total. The summed E-state index contributed by atoms with van der Waals surface area (Å²) >= 11 is 0. The first-order valence-electron chi connectivity index (χ1n) is 15.9. The third-order valence-corrected chi connectivity index (χ3v) is 9.96. The second kappa shape index (κ2) is 12.9. The molecule has 230 valence electrons. The molecule has 4 aliphatic rings. The second-order valence-electron chi connectivity index (χ2n) is 12.6. The van der Waals surface area contributed by atoms with Crippen molar-refractivity contribution in [1.82, 2.24) is 9.47 Å². The van der Waals surface area contributed by atoms with E-state index in [4.69, 9.17) is 14.2 Å². The van der Waals surface area contributed by atoms with E-state index in [0.29, 0.717) is 24.2 Å². The number of ether oxygens (including phenoxy) is 3. The van der Waals surface area contributed by atoms with Gasteiger partial charge in [-0.15, -0.1) is 0 Å². The first-order valence-corrected chi connectivity index (χ1v) is 15.9. The number of methoxy groups -OCH3 is 1. The summed E-state index contributed by atoms with van der Waals surface area (Å²) in [6.45, 7) is 0.598. The SMILES string of the molecule is COC(=O)[C@@H]1C[C@@H]2CN1C(=O)[C@H](C1CCCC1)CC(=O)O[C@@H]1CCC[C@H]1C/C=C/CCn1c(cc3ccccc3c1=O)O2. The smallest absolute Gasteiger partial charge is 0.328 e. The Kier molecular flexibility index (Phi) is 8.86. The van der Waals surface area contributed by atoms with E-state index in [1.807, 2.05) is 30.3 Å². The topological polar surface area (TPSA) is 104 Å². The number of rotatable bonds is 2. The monoisotopic (exact) mass is 590 g/mol. The molecule has 2 aromatic rings. The molecular weight excluding hydrogens is 548 g/mol.